The highest BCUT2D eigenvalue weighted by Crippen LogP contribution is 2.23. The Balaban J connectivity index is 1.51. The second-order valence-electron chi connectivity index (χ2n) is 8.01. The van der Waals surface area contributed by atoms with Crippen LogP contribution in [-0.4, -0.2) is 32.6 Å². The van der Waals surface area contributed by atoms with Crippen molar-refractivity contribution >= 4 is 35.5 Å². The van der Waals surface area contributed by atoms with Crippen LogP contribution < -0.4 is 16.1 Å². The highest BCUT2D eigenvalue weighted by Gasteiger charge is 2.18. The Morgan fingerprint density at radius 3 is 2.32 bits per heavy atom. The third-order valence-electron chi connectivity index (χ3n) is 5.49. The summed E-state index contributed by atoms with van der Waals surface area (Å²) >= 11 is 1.28. The molecule has 1 heterocycles. The van der Waals surface area contributed by atoms with E-state index in [2.05, 4.69) is 20.2 Å². The Kier molecular flexibility index (Phi) is 8.48. The Labute approximate surface area is 217 Å². The number of hydroxylamine groups is 1. The number of rotatable bonds is 8. The van der Waals surface area contributed by atoms with E-state index >= 15 is 0 Å². The summed E-state index contributed by atoms with van der Waals surface area (Å²) in [6.45, 7) is 0. The maximum atomic E-state index is 12.8. The van der Waals surface area contributed by atoms with Crippen molar-refractivity contribution in [2.24, 2.45) is 0 Å². The molecule has 1 unspecified atom stereocenters. The molecule has 4 rings (SSSR count). The van der Waals surface area contributed by atoms with E-state index in [1.807, 2.05) is 41.8 Å². The normalized spacial score (nSPS) is 11.6. The Hall–Kier alpha value is -4.67. The molecule has 0 bridgehead atoms. The summed E-state index contributed by atoms with van der Waals surface area (Å²) in [6.07, 6.45) is 3.21. The fourth-order valence-corrected chi connectivity index (χ4v) is 4.06. The van der Waals surface area contributed by atoms with Gasteiger partial charge in [0.25, 0.3) is 11.8 Å². The lowest BCUT2D eigenvalue weighted by Gasteiger charge is -2.20. The number of urea groups is 1. The van der Waals surface area contributed by atoms with Gasteiger partial charge in [0.2, 0.25) is 0 Å². The molecule has 4 amide bonds. The number of imide groups is 1. The van der Waals surface area contributed by atoms with E-state index in [-0.39, 0.29) is 0 Å². The van der Waals surface area contributed by atoms with Crippen LogP contribution in [-0.2, 0) is 11.2 Å². The number of aromatic nitrogens is 2. The van der Waals surface area contributed by atoms with Crippen molar-refractivity contribution in [1.29, 1.82) is 0 Å². The molecule has 1 aromatic heterocycles. The molecule has 0 aliphatic carbocycles. The molecule has 4 N–H and O–H groups in total. The van der Waals surface area contributed by atoms with E-state index in [1.165, 1.54) is 23.1 Å². The number of hydrogen-bond donors (Lipinski definition) is 4. The highest BCUT2D eigenvalue weighted by molar-refractivity contribution is 7.03. The number of hydrogen-bond acceptors (Lipinski definition) is 7. The van der Waals surface area contributed by atoms with Crippen LogP contribution in [0.4, 0.5) is 4.79 Å². The first kappa shape index (κ1) is 25.4. The minimum absolute atomic E-state index is 0.379. The van der Waals surface area contributed by atoms with E-state index < -0.39 is 23.9 Å². The molecular formula is C27H23N5O4S. The summed E-state index contributed by atoms with van der Waals surface area (Å²) in [4.78, 5) is 36.4. The lowest BCUT2D eigenvalue weighted by molar-refractivity contribution is -0.124. The van der Waals surface area contributed by atoms with Crippen LogP contribution in [0.25, 0.3) is 17.3 Å². The second kappa shape index (κ2) is 12.3. The number of carbonyl (C=O) groups excluding carboxylic acids is 3. The molecule has 3 aromatic carbocycles. The van der Waals surface area contributed by atoms with Gasteiger partial charge < -0.3 is 5.32 Å². The number of benzene rings is 3. The Morgan fingerprint density at radius 1 is 0.946 bits per heavy atom. The molecule has 186 valence electrons. The predicted molar refractivity (Wildman–Crippen MR) is 140 cm³/mol. The molecular weight excluding hydrogens is 490 g/mol. The molecule has 0 fully saturated rings. The van der Waals surface area contributed by atoms with Gasteiger partial charge in [-0.3, -0.25) is 20.1 Å². The molecule has 37 heavy (non-hydrogen) atoms. The van der Waals surface area contributed by atoms with Crippen LogP contribution in [0.3, 0.4) is 0 Å². The smallest absolute Gasteiger partial charge is 0.322 e. The maximum absolute atomic E-state index is 12.8. The van der Waals surface area contributed by atoms with Crippen LogP contribution in [0.1, 0.15) is 33.1 Å². The first-order valence-corrected chi connectivity index (χ1v) is 12.1. The molecule has 10 heteroatoms. The minimum atomic E-state index is -0.639. The van der Waals surface area contributed by atoms with Crippen molar-refractivity contribution in [2.45, 2.75) is 12.5 Å². The van der Waals surface area contributed by atoms with Gasteiger partial charge in [0.15, 0.2) is 0 Å². The third kappa shape index (κ3) is 7.17. The predicted octanol–water partition coefficient (Wildman–Crippen LogP) is 4.15. The quantitative estimate of drug-likeness (QED) is 0.159. The number of nitrogens with zero attached hydrogens (tertiary/aromatic N) is 2. The van der Waals surface area contributed by atoms with Crippen molar-refractivity contribution in [2.75, 3.05) is 0 Å². The molecule has 0 radical (unpaired) electrons. The molecule has 0 saturated carbocycles. The van der Waals surface area contributed by atoms with Gasteiger partial charge in [0.1, 0.15) is 5.69 Å². The largest absolute Gasteiger partial charge is 0.331 e. The number of amides is 4. The summed E-state index contributed by atoms with van der Waals surface area (Å²) in [5.74, 6) is -1.14. The molecule has 9 nitrogen and oxygen atoms in total. The van der Waals surface area contributed by atoms with E-state index in [0.29, 0.717) is 12.0 Å². The number of carbonyl (C=O) groups is 3. The molecule has 0 aliphatic rings. The zero-order valence-electron chi connectivity index (χ0n) is 19.5. The number of nitrogens with one attached hydrogen (secondary N) is 3. The lowest BCUT2D eigenvalue weighted by Crippen LogP contribution is -2.41. The summed E-state index contributed by atoms with van der Waals surface area (Å²) < 4.78 is 3.89. The topological polar surface area (TPSA) is 133 Å². The maximum Gasteiger partial charge on any atom is 0.322 e. The summed E-state index contributed by atoms with van der Waals surface area (Å²) in [6, 6.07) is 22.5. The lowest BCUT2D eigenvalue weighted by atomic mass is 9.97. The molecule has 0 aliphatic heterocycles. The molecule has 0 saturated heterocycles. The van der Waals surface area contributed by atoms with Crippen LogP contribution in [0, 0.1) is 0 Å². The fraction of sp³-hybridized carbons (Fsp3) is 0.0741. The summed E-state index contributed by atoms with van der Waals surface area (Å²) in [5.41, 5.74) is 6.16. The van der Waals surface area contributed by atoms with Gasteiger partial charge in [-0.25, -0.2) is 10.3 Å². The zero-order chi connectivity index (χ0) is 26.0. The Bertz CT molecular complexity index is 1370. The highest BCUT2D eigenvalue weighted by atomic mass is 32.1. The van der Waals surface area contributed by atoms with Gasteiger partial charge in [0.05, 0.1) is 6.04 Å². The van der Waals surface area contributed by atoms with Crippen LogP contribution in [0.15, 0.2) is 90.3 Å². The van der Waals surface area contributed by atoms with E-state index in [0.717, 1.165) is 27.9 Å². The van der Waals surface area contributed by atoms with Gasteiger partial charge >= 0.3 is 6.03 Å². The SMILES string of the molecule is O=C(C=Cc1ccc(C(Cc2ccc(-c3csnn3)cc2)NC(=O)NC(=O)c2ccccc2)cc1)NO. The van der Waals surface area contributed by atoms with Crippen molar-refractivity contribution in [3.05, 3.63) is 113 Å². The standard InChI is InChI=1S/C27H23N5O4S/c33-25(31-36)15-10-18-6-11-20(12-7-18)23(28-27(35)29-26(34)22-4-2-1-3-5-22)16-19-8-13-21(14-9-19)24-17-37-32-30-24/h1-15,17,23,36H,16H2,(H,31,33)(H2,28,29,34,35). The van der Waals surface area contributed by atoms with Crippen molar-refractivity contribution in [3.63, 3.8) is 0 Å². The van der Waals surface area contributed by atoms with Gasteiger partial charge in [-0.05, 0) is 52.9 Å². The Morgan fingerprint density at radius 2 is 1.68 bits per heavy atom. The minimum Gasteiger partial charge on any atom is -0.331 e. The van der Waals surface area contributed by atoms with Gasteiger partial charge in [-0.15, -0.1) is 5.10 Å². The summed E-state index contributed by atoms with van der Waals surface area (Å²) in [7, 11) is 0. The van der Waals surface area contributed by atoms with E-state index in [9.17, 15) is 14.4 Å². The summed E-state index contributed by atoms with van der Waals surface area (Å²) in [5, 5.41) is 19.9. The van der Waals surface area contributed by atoms with Crippen LogP contribution in [0.5, 0.6) is 0 Å². The van der Waals surface area contributed by atoms with Crippen LogP contribution >= 0.6 is 11.5 Å². The van der Waals surface area contributed by atoms with Gasteiger partial charge in [-0.2, -0.15) is 0 Å². The molecule has 4 aromatic rings. The first-order chi connectivity index (χ1) is 18.0. The second-order valence-corrected chi connectivity index (χ2v) is 8.62. The van der Waals surface area contributed by atoms with Crippen molar-refractivity contribution < 1.29 is 19.6 Å². The van der Waals surface area contributed by atoms with E-state index in [1.54, 1.807) is 48.5 Å². The van der Waals surface area contributed by atoms with Crippen molar-refractivity contribution in [3.8, 4) is 11.3 Å². The van der Waals surface area contributed by atoms with Gasteiger partial charge in [-0.1, -0.05) is 71.2 Å². The first-order valence-electron chi connectivity index (χ1n) is 11.3. The fourth-order valence-electron chi connectivity index (χ4n) is 3.60. The average Bonchev–Trinajstić information content (AvgIpc) is 3.47. The molecule has 0 spiro atoms. The average molecular weight is 514 g/mol. The van der Waals surface area contributed by atoms with Crippen molar-refractivity contribution in [1.82, 2.24) is 25.7 Å². The monoisotopic (exact) mass is 513 g/mol. The van der Waals surface area contributed by atoms with E-state index in [4.69, 9.17) is 5.21 Å². The third-order valence-corrected chi connectivity index (χ3v) is 6.00. The molecule has 1 atom stereocenters. The zero-order valence-corrected chi connectivity index (χ0v) is 20.3. The van der Waals surface area contributed by atoms with Crippen LogP contribution in [0.2, 0.25) is 0 Å². The van der Waals surface area contributed by atoms with Gasteiger partial charge in [0, 0.05) is 22.6 Å².